The molecular formula is C13H11Cl2FO3S. The summed E-state index contributed by atoms with van der Waals surface area (Å²) in [5, 5.41) is 10.3. The molecule has 0 fully saturated rings. The molecule has 108 valence electrons. The molecule has 1 N–H and O–H groups in total. The molecule has 0 radical (unpaired) electrons. The summed E-state index contributed by atoms with van der Waals surface area (Å²) < 4.78 is 24.9. The molecule has 1 unspecified atom stereocenters. The van der Waals surface area contributed by atoms with E-state index in [4.69, 9.17) is 32.7 Å². The topological polar surface area (TPSA) is 38.7 Å². The second-order valence-electron chi connectivity index (χ2n) is 3.91. The van der Waals surface area contributed by atoms with Crippen molar-refractivity contribution < 1.29 is 19.0 Å². The number of ether oxygens (including phenoxy) is 2. The number of hydrogen-bond acceptors (Lipinski definition) is 4. The molecule has 0 saturated carbocycles. The lowest BCUT2D eigenvalue weighted by Crippen LogP contribution is -2.04. The fourth-order valence-electron chi connectivity index (χ4n) is 1.79. The molecule has 1 aromatic heterocycles. The molecule has 0 saturated heterocycles. The van der Waals surface area contributed by atoms with Crippen molar-refractivity contribution in [3.05, 3.63) is 43.8 Å². The van der Waals surface area contributed by atoms with E-state index in [0.29, 0.717) is 20.0 Å². The number of halogens is 3. The summed E-state index contributed by atoms with van der Waals surface area (Å²) in [5.41, 5.74) is 0.395. The van der Waals surface area contributed by atoms with E-state index in [1.54, 1.807) is 0 Å². The van der Waals surface area contributed by atoms with Crippen LogP contribution in [0.4, 0.5) is 4.39 Å². The van der Waals surface area contributed by atoms with Gasteiger partial charge in [-0.05, 0) is 12.1 Å². The van der Waals surface area contributed by atoms with Gasteiger partial charge in [0.25, 0.3) is 0 Å². The molecule has 1 atom stereocenters. The Morgan fingerprint density at radius 1 is 1.10 bits per heavy atom. The zero-order chi connectivity index (χ0) is 14.9. The highest BCUT2D eigenvalue weighted by atomic mass is 35.5. The van der Waals surface area contributed by atoms with Crippen LogP contribution in [-0.2, 0) is 0 Å². The molecule has 7 heteroatoms. The third-order valence-electron chi connectivity index (χ3n) is 2.78. The smallest absolute Gasteiger partial charge is 0.163 e. The number of benzene rings is 1. The second-order valence-corrected chi connectivity index (χ2v) is 6.20. The Labute approximate surface area is 129 Å². The molecule has 3 nitrogen and oxygen atoms in total. The van der Waals surface area contributed by atoms with E-state index in [0.717, 1.165) is 17.4 Å². The van der Waals surface area contributed by atoms with Crippen LogP contribution in [0.3, 0.4) is 0 Å². The van der Waals surface area contributed by atoms with E-state index < -0.39 is 11.9 Å². The van der Waals surface area contributed by atoms with Gasteiger partial charge in [0.15, 0.2) is 11.5 Å². The van der Waals surface area contributed by atoms with Gasteiger partial charge >= 0.3 is 0 Å². The third-order valence-corrected chi connectivity index (χ3v) is 4.29. The highest BCUT2D eigenvalue weighted by molar-refractivity contribution is 7.20. The molecule has 0 spiro atoms. The fourth-order valence-corrected chi connectivity index (χ4v) is 3.31. The molecule has 1 aromatic carbocycles. The Morgan fingerprint density at radius 2 is 1.70 bits per heavy atom. The zero-order valence-electron chi connectivity index (χ0n) is 10.6. The van der Waals surface area contributed by atoms with Gasteiger partial charge in [0, 0.05) is 17.2 Å². The highest BCUT2D eigenvalue weighted by Crippen LogP contribution is 2.40. The van der Waals surface area contributed by atoms with E-state index in [2.05, 4.69) is 0 Å². The summed E-state index contributed by atoms with van der Waals surface area (Å²) in [6.07, 6.45) is -1.23. The lowest BCUT2D eigenvalue weighted by Gasteiger charge is -2.15. The van der Waals surface area contributed by atoms with Crippen LogP contribution in [-0.4, -0.2) is 19.3 Å². The van der Waals surface area contributed by atoms with Gasteiger partial charge in [-0.25, -0.2) is 4.39 Å². The maximum Gasteiger partial charge on any atom is 0.163 e. The predicted molar refractivity (Wildman–Crippen MR) is 77.9 cm³/mol. The molecule has 1 heterocycles. The van der Waals surface area contributed by atoms with Gasteiger partial charge in [0.1, 0.15) is 16.3 Å². The average Bonchev–Trinajstić information content (AvgIpc) is 2.76. The number of methoxy groups -OCH3 is 2. The Hall–Kier alpha value is -1.01. The SMILES string of the molecule is COc1cc(F)c(C(O)c2cc(Cl)sc2Cl)cc1OC. The molecule has 0 bridgehead atoms. The number of thiophene rings is 1. The third kappa shape index (κ3) is 2.86. The van der Waals surface area contributed by atoms with Crippen LogP contribution >= 0.6 is 34.5 Å². The summed E-state index contributed by atoms with van der Waals surface area (Å²) in [7, 11) is 2.84. The highest BCUT2D eigenvalue weighted by Gasteiger charge is 2.22. The molecule has 0 aliphatic rings. The van der Waals surface area contributed by atoms with Crippen molar-refractivity contribution in [2.45, 2.75) is 6.10 Å². The van der Waals surface area contributed by atoms with Crippen LogP contribution < -0.4 is 9.47 Å². The monoisotopic (exact) mass is 336 g/mol. The first-order chi connectivity index (χ1) is 9.47. The van der Waals surface area contributed by atoms with Crippen molar-refractivity contribution in [1.82, 2.24) is 0 Å². The fraction of sp³-hybridized carbons (Fsp3) is 0.231. The first kappa shape index (κ1) is 15.4. The summed E-state index contributed by atoms with van der Waals surface area (Å²) in [4.78, 5) is 0. The maximum atomic E-state index is 14.1. The lowest BCUT2D eigenvalue weighted by atomic mass is 10.0. The van der Waals surface area contributed by atoms with E-state index in [1.807, 2.05) is 0 Å². The summed E-state index contributed by atoms with van der Waals surface area (Å²) in [5.74, 6) is -0.0515. The molecule has 2 rings (SSSR count). The quantitative estimate of drug-likeness (QED) is 0.904. The minimum Gasteiger partial charge on any atom is -0.493 e. The van der Waals surface area contributed by atoms with Gasteiger partial charge in [0.2, 0.25) is 0 Å². The Bertz CT molecular complexity index is 630. The van der Waals surface area contributed by atoms with Crippen molar-refractivity contribution in [2.75, 3.05) is 14.2 Å². The van der Waals surface area contributed by atoms with Crippen molar-refractivity contribution >= 4 is 34.5 Å². The zero-order valence-corrected chi connectivity index (χ0v) is 12.9. The van der Waals surface area contributed by atoms with E-state index in [1.165, 1.54) is 26.4 Å². The summed E-state index contributed by atoms with van der Waals surface area (Å²) in [6, 6.07) is 4.04. The van der Waals surface area contributed by atoms with E-state index in [-0.39, 0.29) is 11.3 Å². The van der Waals surface area contributed by atoms with Gasteiger partial charge in [-0.1, -0.05) is 23.2 Å². The van der Waals surface area contributed by atoms with Crippen molar-refractivity contribution in [1.29, 1.82) is 0 Å². The number of aliphatic hydroxyl groups is 1. The molecular weight excluding hydrogens is 326 g/mol. The second kappa shape index (κ2) is 6.18. The van der Waals surface area contributed by atoms with Gasteiger partial charge < -0.3 is 14.6 Å². The van der Waals surface area contributed by atoms with Gasteiger partial charge in [-0.3, -0.25) is 0 Å². The normalized spacial score (nSPS) is 12.3. The first-order valence-electron chi connectivity index (χ1n) is 5.52. The van der Waals surface area contributed by atoms with Crippen LogP contribution in [0.5, 0.6) is 11.5 Å². The summed E-state index contributed by atoms with van der Waals surface area (Å²) in [6.45, 7) is 0. The van der Waals surface area contributed by atoms with Crippen molar-refractivity contribution in [3.8, 4) is 11.5 Å². The first-order valence-corrected chi connectivity index (χ1v) is 7.09. The van der Waals surface area contributed by atoms with Gasteiger partial charge in [0.05, 0.1) is 18.6 Å². The van der Waals surface area contributed by atoms with Gasteiger partial charge in [-0.2, -0.15) is 0 Å². The largest absolute Gasteiger partial charge is 0.493 e. The van der Waals surface area contributed by atoms with Gasteiger partial charge in [-0.15, -0.1) is 11.3 Å². The number of hydrogen-bond donors (Lipinski definition) is 1. The van der Waals surface area contributed by atoms with Crippen molar-refractivity contribution in [3.63, 3.8) is 0 Å². The van der Waals surface area contributed by atoms with Crippen LogP contribution in [0.1, 0.15) is 17.2 Å². The molecule has 0 aliphatic carbocycles. The van der Waals surface area contributed by atoms with Crippen LogP contribution in [0.25, 0.3) is 0 Å². The van der Waals surface area contributed by atoms with Crippen molar-refractivity contribution in [2.24, 2.45) is 0 Å². The molecule has 0 amide bonds. The number of aliphatic hydroxyl groups excluding tert-OH is 1. The summed E-state index contributed by atoms with van der Waals surface area (Å²) >= 11 is 12.9. The van der Waals surface area contributed by atoms with E-state index in [9.17, 15) is 9.50 Å². The lowest BCUT2D eigenvalue weighted by molar-refractivity contribution is 0.214. The Morgan fingerprint density at radius 3 is 2.20 bits per heavy atom. The van der Waals surface area contributed by atoms with Crippen LogP contribution in [0.15, 0.2) is 18.2 Å². The molecule has 20 heavy (non-hydrogen) atoms. The van der Waals surface area contributed by atoms with Crippen LogP contribution in [0, 0.1) is 5.82 Å². The molecule has 0 aliphatic heterocycles. The average molecular weight is 337 g/mol. The van der Waals surface area contributed by atoms with E-state index >= 15 is 0 Å². The predicted octanol–water partition coefficient (Wildman–Crippen LogP) is 4.29. The van der Waals surface area contributed by atoms with Crippen LogP contribution in [0.2, 0.25) is 8.67 Å². The molecule has 2 aromatic rings. The standard InChI is InChI=1S/C13H11Cl2FO3S/c1-18-9-3-6(8(16)5-10(9)19-2)12(17)7-4-11(14)20-13(7)15/h3-5,12,17H,1-2H3. The number of rotatable bonds is 4. The Kier molecular flexibility index (Phi) is 4.75. The minimum atomic E-state index is -1.23. The maximum absolute atomic E-state index is 14.1. The minimum absolute atomic E-state index is 0.0408. The Balaban J connectivity index is 2.49.